The number of rotatable bonds is 8. The highest BCUT2D eigenvalue weighted by molar-refractivity contribution is 14.0. The standard InChI is InChI=1S/C23H44N6O.HI/c1-20-8-13-27(14-9-20)12-5-10-25-23(24-2)26-11-15-28-16-18-29(19-17-28)22(30)21-6-3-4-7-21;/h20-21H,3-19H2,1-2H3,(H2,24,25,26);1H. The molecule has 8 heteroatoms. The van der Waals surface area contributed by atoms with Gasteiger partial charge in [-0.3, -0.25) is 14.7 Å². The third kappa shape index (κ3) is 9.04. The quantitative estimate of drug-likeness (QED) is 0.211. The smallest absolute Gasteiger partial charge is 0.225 e. The van der Waals surface area contributed by atoms with Crippen molar-refractivity contribution in [3.63, 3.8) is 0 Å². The maximum absolute atomic E-state index is 12.6. The number of hydrogen-bond donors (Lipinski definition) is 2. The number of carbonyl (C=O) groups is 1. The van der Waals surface area contributed by atoms with Crippen LogP contribution < -0.4 is 10.6 Å². The van der Waals surface area contributed by atoms with E-state index in [-0.39, 0.29) is 24.0 Å². The molecule has 1 saturated carbocycles. The Labute approximate surface area is 206 Å². The van der Waals surface area contributed by atoms with Gasteiger partial charge in [0, 0.05) is 58.8 Å². The van der Waals surface area contributed by atoms with Gasteiger partial charge in [-0.2, -0.15) is 0 Å². The number of piperidine rings is 1. The van der Waals surface area contributed by atoms with E-state index in [2.05, 4.69) is 37.2 Å². The number of piperazine rings is 1. The van der Waals surface area contributed by atoms with Crippen molar-refractivity contribution in [2.45, 2.75) is 51.9 Å². The van der Waals surface area contributed by atoms with Crippen molar-refractivity contribution in [1.82, 2.24) is 25.3 Å². The van der Waals surface area contributed by atoms with Gasteiger partial charge < -0.3 is 20.4 Å². The van der Waals surface area contributed by atoms with Gasteiger partial charge in [0.1, 0.15) is 0 Å². The van der Waals surface area contributed by atoms with Gasteiger partial charge in [-0.25, -0.2) is 0 Å². The summed E-state index contributed by atoms with van der Waals surface area (Å²) < 4.78 is 0. The molecule has 0 unspecified atom stereocenters. The SMILES string of the molecule is CN=C(NCCCN1CCC(C)CC1)NCCN1CCN(C(=O)C2CCCC2)CC1.I. The zero-order valence-corrected chi connectivity index (χ0v) is 22.1. The number of guanidine groups is 1. The second-order valence-electron chi connectivity index (χ2n) is 9.45. The number of aliphatic imine (C=N–C) groups is 1. The molecule has 2 N–H and O–H groups in total. The van der Waals surface area contributed by atoms with Crippen LogP contribution in [-0.2, 0) is 4.79 Å². The van der Waals surface area contributed by atoms with Crippen molar-refractivity contribution < 1.29 is 4.79 Å². The molecular formula is C23H45IN6O. The summed E-state index contributed by atoms with van der Waals surface area (Å²) in [4.78, 5) is 24.1. The summed E-state index contributed by atoms with van der Waals surface area (Å²) in [5, 5.41) is 6.89. The highest BCUT2D eigenvalue weighted by atomic mass is 127. The summed E-state index contributed by atoms with van der Waals surface area (Å²) in [6.45, 7) is 12.7. The van der Waals surface area contributed by atoms with E-state index in [1.54, 1.807) is 0 Å². The van der Waals surface area contributed by atoms with Crippen LogP contribution in [0.3, 0.4) is 0 Å². The summed E-state index contributed by atoms with van der Waals surface area (Å²) in [5.41, 5.74) is 0. The Balaban J connectivity index is 0.00000341. The van der Waals surface area contributed by atoms with Gasteiger partial charge in [-0.15, -0.1) is 24.0 Å². The summed E-state index contributed by atoms with van der Waals surface area (Å²) in [6, 6.07) is 0. The van der Waals surface area contributed by atoms with Gasteiger partial charge in [0.25, 0.3) is 0 Å². The molecule has 7 nitrogen and oxygen atoms in total. The maximum Gasteiger partial charge on any atom is 0.225 e. The molecule has 0 spiro atoms. The van der Waals surface area contributed by atoms with Gasteiger partial charge in [0.2, 0.25) is 5.91 Å². The third-order valence-corrected chi connectivity index (χ3v) is 7.15. The van der Waals surface area contributed by atoms with Crippen LogP contribution in [0.1, 0.15) is 51.9 Å². The molecule has 0 atom stereocenters. The number of nitrogens with zero attached hydrogens (tertiary/aromatic N) is 4. The first-order valence-corrected chi connectivity index (χ1v) is 12.3. The largest absolute Gasteiger partial charge is 0.356 e. The molecule has 3 aliphatic rings. The molecule has 3 fully saturated rings. The molecule has 2 saturated heterocycles. The highest BCUT2D eigenvalue weighted by Gasteiger charge is 2.29. The molecule has 1 aliphatic carbocycles. The zero-order chi connectivity index (χ0) is 21.2. The van der Waals surface area contributed by atoms with E-state index in [1.165, 1.54) is 45.3 Å². The minimum atomic E-state index is 0. The molecule has 2 aliphatic heterocycles. The van der Waals surface area contributed by atoms with Crippen molar-refractivity contribution in [3.05, 3.63) is 0 Å². The predicted octanol–water partition coefficient (Wildman–Crippen LogP) is 2.23. The Hall–Kier alpha value is -0.610. The molecule has 2 heterocycles. The lowest BCUT2D eigenvalue weighted by molar-refractivity contribution is -0.137. The molecular weight excluding hydrogens is 503 g/mol. The summed E-state index contributed by atoms with van der Waals surface area (Å²) in [7, 11) is 1.84. The fourth-order valence-electron chi connectivity index (χ4n) is 4.97. The summed E-state index contributed by atoms with van der Waals surface area (Å²) >= 11 is 0. The normalized spacial score (nSPS) is 22.4. The number of halogens is 1. The van der Waals surface area contributed by atoms with Crippen LogP contribution in [0.2, 0.25) is 0 Å². The lowest BCUT2D eigenvalue weighted by Gasteiger charge is -2.36. The lowest BCUT2D eigenvalue weighted by atomic mass is 9.99. The van der Waals surface area contributed by atoms with E-state index in [0.29, 0.717) is 11.8 Å². The van der Waals surface area contributed by atoms with E-state index >= 15 is 0 Å². The average Bonchev–Trinajstić information content (AvgIpc) is 3.31. The average molecular weight is 549 g/mol. The molecule has 31 heavy (non-hydrogen) atoms. The fraction of sp³-hybridized carbons (Fsp3) is 0.913. The third-order valence-electron chi connectivity index (χ3n) is 7.15. The number of hydrogen-bond acceptors (Lipinski definition) is 4. The van der Waals surface area contributed by atoms with Crippen LogP contribution >= 0.6 is 24.0 Å². The van der Waals surface area contributed by atoms with Crippen LogP contribution in [-0.4, -0.2) is 99.1 Å². The molecule has 0 radical (unpaired) electrons. The van der Waals surface area contributed by atoms with Crippen LogP contribution in [0.5, 0.6) is 0 Å². The first kappa shape index (κ1) is 26.6. The van der Waals surface area contributed by atoms with Crippen molar-refractivity contribution in [3.8, 4) is 0 Å². The Morgan fingerprint density at radius 2 is 1.48 bits per heavy atom. The van der Waals surface area contributed by atoms with Crippen molar-refractivity contribution >= 4 is 35.8 Å². The van der Waals surface area contributed by atoms with Gasteiger partial charge >= 0.3 is 0 Å². The second kappa shape index (κ2) is 14.5. The van der Waals surface area contributed by atoms with E-state index in [1.807, 2.05) is 7.05 Å². The van der Waals surface area contributed by atoms with E-state index in [9.17, 15) is 4.79 Å². The number of amides is 1. The van der Waals surface area contributed by atoms with E-state index in [4.69, 9.17) is 0 Å². The number of carbonyl (C=O) groups excluding carboxylic acids is 1. The maximum atomic E-state index is 12.6. The monoisotopic (exact) mass is 548 g/mol. The van der Waals surface area contributed by atoms with Gasteiger partial charge in [0.05, 0.1) is 0 Å². The van der Waals surface area contributed by atoms with Gasteiger partial charge in [-0.1, -0.05) is 19.8 Å². The topological polar surface area (TPSA) is 63.2 Å². The van der Waals surface area contributed by atoms with Crippen molar-refractivity contribution in [1.29, 1.82) is 0 Å². The minimum Gasteiger partial charge on any atom is -0.356 e. The first-order chi connectivity index (χ1) is 14.7. The van der Waals surface area contributed by atoms with Crippen LogP contribution in [0.15, 0.2) is 4.99 Å². The Morgan fingerprint density at radius 3 is 2.13 bits per heavy atom. The minimum absolute atomic E-state index is 0. The van der Waals surface area contributed by atoms with Gasteiger partial charge in [0.15, 0.2) is 5.96 Å². The Morgan fingerprint density at radius 1 is 0.871 bits per heavy atom. The molecule has 0 aromatic carbocycles. The predicted molar refractivity (Wildman–Crippen MR) is 139 cm³/mol. The zero-order valence-electron chi connectivity index (χ0n) is 19.8. The molecule has 0 aromatic rings. The lowest BCUT2D eigenvalue weighted by Crippen LogP contribution is -2.52. The number of likely N-dealkylation sites (tertiary alicyclic amines) is 1. The molecule has 1 amide bonds. The van der Waals surface area contributed by atoms with E-state index in [0.717, 1.165) is 77.0 Å². The highest BCUT2D eigenvalue weighted by Crippen LogP contribution is 2.26. The second-order valence-corrected chi connectivity index (χ2v) is 9.45. The summed E-state index contributed by atoms with van der Waals surface area (Å²) in [5.74, 6) is 2.52. The van der Waals surface area contributed by atoms with E-state index < -0.39 is 0 Å². The first-order valence-electron chi connectivity index (χ1n) is 12.3. The van der Waals surface area contributed by atoms with Crippen molar-refractivity contribution in [2.75, 3.05) is 72.5 Å². The van der Waals surface area contributed by atoms with Crippen LogP contribution in [0.4, 0.5) is 0 Å². The Bertz CT molecular complexity index is 538. The van der Waals surface area contributed by atoms with Crippen LogP contribution in [0.25, 0.3) is 0 Å². The Kier molecular flexibility index (Phi) is 12.5. The molecule has 3 rings (SSSR count). The van der Waals surface area contributed by atoms with Crippen molar-refractivity contribution in [2.24, 2.45) is 16.8 Å². The fourth-order valence-corrected chi connectivity index (χ4v) is 4.97. The van der Waals surface area contributed by atoms with Gasteiger partial charge in [-0.05, 0) is 57.7 Å². The molecule has 0 bridgehead atoms. The number of nitrogens with one attached hydrogen (secondary N) is 2. The molecule has 0 aromatic heterocycles. The molecule has 180 valence electrons. The summed E-state index contributed by atoms with van der Waals surface area (Å²) in [6.07, 6.45) is 8.52. The van der Waals surface area contributed by atoms with Crippen LogP contribution in [0, 0.1) is 11.8 Å².